The number of nitrogens with one attached hydrogen (secondary N) is 2. The van der Waals surface area contributed by atoms with Crippen LogP contribution in [0.15, 0.2) is 95.9 Å². The lowest BCUT2D eigenvalue weighted by molar-refractivity contribution is -0.384. The van der Waals surface area contributed by atoms with Crippen LogP contribution in [0.1, 0.15) is 42.5 Å². The number of hydrogen-bond acceptors (Lipinski definition) is 6. The number of sulfonamides is 1. The fraction of sp³-hybridized carbons (Fsp3) is 0.194. The van der Waals surface area contributed by atoms with Crippen LogP contribution >= 0.6 is 0 Å². The zero-order chi connectivity index (χ0) is 29.0. The van der Waals surface area contributed by atoms with Crippen LogP contribution in [0.3, 0.4) is 0 Å². The standard InChI is InChI=1S/C31H28FN3O5S/c32-25-17-15-22(16-18-25)21-11-13-24(14-12-21)31(36)34-41(39,40)27-19-28(23-7-3-1-4-8-23)30(29(20-27)35(37)38)33-26-9-5-2-6-10-26/h1,3-4,7-8,11-20,26,33H,2,5-6,9-10H2,(H,34,36). The molecule has 1 amide bonds. The van der Waals surface area contributed by atoms with Gasteiger partial charge in [0.25, 0.3) is 21.6 Å². The fourth-order valence-corrected chi connectivity index (χ4v) is 6.06. The first kappa shape index (κ1) is 28.0. The second-order valence-corrected chi connectivity index (χ2v) is 11.7. The number of nitro groups is 1. The predicted molar refractivity (Wildman–Crippen MR) is 156 cm³/mol. The van der Waals surface area contributed by atoms with Gasteiger partial charge in [0, 0.05) is 23.2 Å². The lowest BCUT2D eigenvalue weighted by atomic mass is 9.94. The summed E-state index contributed by atoms with van der Waals surface area (Å²) in [6, 6.07) is 23.2. The third-order valence-electron chi connectivity index (χ3n) is 7.19. The van der Waals surface area contributed by atoms with E-state index in [9.17, 15) is 27.7 Å². The minimum atomic E-state index is -4.48. The van der Waals surface area contributed by atoms with Crippen molar-refractivity contribution in [2.45, 2.75) is 43.0 Å². The van der Waals surface area contributed by atoms with Gasteiger partial charge >= 0.3 is 0 Å². The summed E-state index contributed by atoms with van der Waals surface area (Å²) < 4.78 is 42.1. The number of benzene rings is 4. The number of hydrogen-bond donors (Lipinski definition) is 2. The van der Waals surface area contributed by atoms with Crippen LogP contribution in [0.4, 0.5) is 15.8 Å². The summed E-state index contributed by atoms with van der Waals surface area (Å²) in [7, 11) is -4.48. The summed E-state index contributed by atoms with van der Waals surface area (Å²) in [6.07, 6.45) is 4.85. The molecule has 8 nitrogen and oxygen atoms in total. The van der Waals surface area contributed by atoms with Crippen molar-refractivity contribution in [1.29, 1.82) is 0 Å². The zero-order valence-corrected chi connectivity index (χ0v) is 22.9. The Morgan fingerprint density at radius 1 is 0.829 bits per heavy atom. The molecule has 0 aromatic heterocycles. The average molecular weight is 574 g/mol. The van der Waals surface area contributed by atoms with Gasteiger partial charge in [-0.2, -0.15) is 0 Å². The van der Waals surface area contributed by atoms with Crippen molar-refractivity contribution in [2.75, 3.05) is 5.32 Å². The Morgan fingerprint density at radius 3 is 2.05 bits per heavy atom. The van der Waals surface area contributed by atoms with Gasteiger partial charge in [-0.1, -0.05) is 73.9 Å². The van der Waals surface area contributed by atoms with Crippen molar-refractivity contribution in [1.82, 2.24) is 4.72 Å². The quantitative estimate of drug-likeness (QED) is 0.174. The summed E-state index contributed by atoms with van der Waals surface area (Å²) >= 11 is 0. The number of amides is 1. The maximum Gasteiger partial charge on any atom is 0.294 e. The summed E-state index contributed by atoms with van der Waals surface area (Å²) in [4.78, 5) is 24.1. The SMILES string of the molecule is O=C(NS(=O)(=O)c1cc(-c2ccccc2)c(NC2CCCCC2)c([N+](=O)[O-])c1)c1ccc(-c2ccc(F)cc2)cc1. The maximum absolute atomic E-state index is 13.4. The van der Waals surface area contributed by atoms with Crippen LogP contribution in [0, 0.1) is 15.9 Å². The van der Waals surface area contributed by atoms with Crippen LogP contribution < -0.4 is 10.0 Å². The van der Waals surface area contributed by atoms with Gasteiger partial charge in [0.2, 0.25) is 0 Å². The summed E-state index contributed by atoms with van der Waals surface area (Å²) in [5, 5.41) is 15.5. The summed E-state index contributed by atoms with van der Waals surface area (Å²) in [5.41, 5.74) is 2.37. The molecule has 4 aromatic rings. The normalized spacial score (nSPS) is 13.9. The van der Waals surface area contributed by atoms with Gasteiger partial charge in [-0.25, -0.2) is 17.5 Å². The van der Waals surface area contributed by atoms with Crippen molar-refractivity contribution in [3.05, 3.63) is 112 Å². The predicted octanol–water partition coefficient (Wildman–Crippen LogP) is 6.93. The van der Waals surface area contributed by atoms with Crippen LogP contribution in [0.25, 0.3) is 22.3 Å². The highest BCUT2D eigenvalue weighted by Crippen LogP contribution is 2.40. The molecule has 1 fully saturated rings. The Labute approximate surface area is 237 Å². The Balaban J connectivity index is 1.47. The van der Waals surface area contributed by atoms with Crippen LogP contribution in [-0.2, 0) is 10.0 Å². The topological polar surface area (TPSA) is 118 Å². The Morgan fingerprint density at radius 2 is 1.44 bits per heavy atom. The molecule has 0 spiro atoms. The third-order valence-corrected chi connectivity index (χ3v) is 8.50. The number of carbonyl (C=O) groups is 1. The highest BCUT2D eigenvalue weighted by atomic mass is 32.2. The largest absolute Gasteiger partial charge is 0.376 e. The van der Waals surface area contributed by atoms with Gasteiger partial charge in [0.1, 0.15) is 11.5 Å². The van der Waals surface area contributed by atoms with E-state index in [1.165, 1.54) is 30.3 Å². The van der Waals surface area contributed by atoms with E-state index in [4.69, 9.17) is 0 Å². The van der Waals surface area contributed by atoms with Gasteiger partial charge in [-0.15, -0.1) is 0 Å². The van der Waals surface area contributed by atoms with Gasteiger partial charge in [-0.3, -0.25) is 14.9 Å². The van der Waals surface area contributed by atoms with Crippen LogP contribution in [-0.4, -0.2) is 25.3 Å². The molecule has 0 unspecified atom stereocenters. The van der Waals surface area contributed by atoms with E-state index in [2.05, 4.69) is 5.32 Å². The number of rotatable bonds is 8. The van der Waals surface area contributed by atoms with Gasteiger partial charge in [0.15, 0.2) is 0 Å². The van der Waals surface area contributed by atoms with Crippen molar-refractivity contribution in [2.24, 2.45) is 0 Å². The van der Waals surface area contributed by atoms with Crippen LogP contribution in [0.5, 0.6) is 0 Å². The number of halogens is 1. The molecule has 0 bridgehead atoms. The first-order chi connectivity index (χ1) is 19.7. The molecular weight excluding hydrogens is 545 g/mol. The molecule has 0 saturated heterocycles. The smallest absolute Gasteiger partial charge is 0.294 e. The lowest BCUT2D eigenvalue weighted by Crippen LogP contribution is -2.30. The molecule has 1 saturated carbocycles. The molecule has 1 aliphatic carbocycles. The average Bonchev–Trinajstić information content (AvgIpc) is 2.98. The Bertz CT molecular complexity index is 1670. The number of nitrogens with zero attached hydrogens (tertiary/aromatic N) is 1. The minimum Gasteiger partial charge on any atom is -0.376 e. The highest BCUT2D eigenvalue weighted by Gasteiger charge is 2.29. The molecule has 10 heteroatoms. The third kappa shape index (κ3) is 6.44. The molecule has 0 atom stereocenters. The van der Waals surface area contributed by atoms with Crippen molar-refractivity contribution < 1.29 is 22.5 Å². The molecule has 41 heavy (non-hydrogen) atoms. The van der Waals surface area contributed by atoms with Crippen molar-refractivity contribution in [3.8, 4) is 22.3 Å². The highest BCUT2D eigenvalue weighted by molar-refractivity contribution is 7.90. The Kier molecular flexibility index (Phi) is 8.11. The molecule has 210 valence electrons. The van der Waals surface area contributed by atoms with Crippen molar-refractivity contribution >= 4 is 27.3 Å². The second-order valence-electron chi connectivity index (χ2n) is 9.99. The first-order valence-electron chi connectivity index (χ1n) is 13.3. The second kappa shape index (κ2) is 11.9. The van der Waals surface area contributed by atoms with E-state index < -0.39 is 25.7 Å². The van der Waals surface area contributed by atoms with Crippen LogP contribution in [0.2, 0.25) is 0 Å². The lowest BCUT2D eigenvalue weighted by Gasteiger charge is -2.25. The fourth-order valence-electron chi connectivity index (χ4n) is 5.04. The van der Waals surface area contributed by atoms with Gasteiger partial charge in [0.05, 0.1) is 9.82 Å². The van der Waals surface area contributed by atoms with Crippen molar-refractivity contribution in [3.63, 3.8) is 0 Å². The monoisotopic (exact) mass is 573 g/mol. The van der Waals surface area contributed by atoms with E-state index >= 15 is 0 Å². The zero-order valence-electron chi connectivity index (χ0n) is 22.0. The molecule has 4 aromatic carbocycles. The molecule has 0 radical (unpaired) electrons. The van der Waals surface area contributed by atoms with Gasteiger partial charge < -0.3 is 5.32 Å². The summed E-state index contributed by atoms with van der Waals surface area (Å²) in [6.45, 7) is 0. The Hall–Kier alpha value is -4.57. The van der Waals surface area contributed by atoms with Gasteiger partial charge in [-0.05, 0) is 59.9 Å². The van der Waals surface area contributed by atoms with E-state index in [1.54, 1.807) is 54.6 Å². The number of anilines is 1. The molecule has 5 rings (SSSR count). The molecule has 2 N–H and O–H groups in total. The molecule has 1 aliphatic rings. The van der Waals surface area contributed by atoms with E-state index in [-0.39, 0.29) is 28.8 Å². The number of carbonyl (C=O) groups excluding carboxylic acids is 1. The number of nitro benzene ring substituents is 1. The molecule has 0 heterocycles. The molecular formula is C31H28FN3O5S. The first-order valence-corrected chi connectivity index (χ1v) is 14.8. The van der Waals surface area contributed by atoms with E-state index in [0.717, 1.165) is 43.7 Å². The minimum absolute atomic E-state index is 0.0324. The van der Waals surface area contributed by atoms with E-state index in [0.29, 0.717) is 16.7 Å². The van der Waals surface area contributed by atoms with E-state index in [1.807, 2.05) is 4.72 Å². The molecule has 0 aliphatic heterocycles. The summed E-state index contributed by atoms with van der Waals surface area (Å²) in [5.74, 6) is -1.26. The maximum atomic E-state index is 13.4.